The van der Waals surface area contributed by atoms with Crippen LogP contribution in [0.5, 0.6) is 23.0 Å². The van der Waals surface area contributed by atoms with Crippen molar-refractivity contribution >= 4 is 52.8 Å². The Balaban J connectivity index is 1.25. The molecule has 3 aromatic carbocycles. The summed E-state index contributed by atoms with van der Waals surface area (Å²) in [6.07, 6.45) is 1.33. The Morgan fingerprint density at radius 3 is 2.56 bits per heavy atom. The molecule has 3 aromatic rings. The molecule has 1 aliphatic rings. The molecule has 13 heteroatoms. The highest BCUT2D eigenvalue weighted by Gasteiger charge is 2.16. The number of nitrogens with zero attached hydrogens (tertiary/aromatic N) is 1. The summed E-state index contributed by atoms with van der Waals surface area (Å²) in [7, 11) is 1.44. The van der Waals surface area contributed by atoms with E-state index in [1.807, 2.05) is 0 Å². The van der Waals surface area contributed by atoms with E-state index < -0.39 is 17.7 Å². The van der Waals surface area contributed by atoms with Crippen molar-refractivity contribution in [3.8, 4) is 23.0 Å². The average molecular weight is 573 g/mol. The molecule has 0 saturated carbocycles. The van der Waals surface area contributed by atoms with Crippen LogP contribution in [0.4, 0.5) is 5.69 Å². The quantitative estimate of drug-likeness (QED) is 0.203. The maximum atomic E-state index is 12.2. The molecule has 3 amide bonds. The first-order valence-corrected chi connectivity index (χ1v) is 12.1. The number of hydrogen-bond acceptors (Lipinski definition) is 8. The Kier molecular flexibility index (Phi) is 9.08. The first-order valence-electron chi connectivity index (χ1n) is 11.4. The molecule has 0 bridgehead atoms. The van der Waals surface area contributed by atoms with Gasteiger partial charge in [0.15, 0.2) is 29.6 Å². The highest BCUT2D eigenvalue weighted by molar-refractivity contribution is 6.42. The van der Waals surface area contributed by atoms with Crippen molar-refractivity contribution in [3.63, 3.8) is 0 Å². The third kappa shape index (κ3) is 7.53. The normalized spacial score (nSPS) is 11.7. The van der Waals surface area contributed by atoms with Crippen LogP contribution in [0.1, 0.15) is 11.1 Å². The van der Waals surface area contributed by atoms with Crippen LogP contribution in [0.2, 0.25) is 10.0 Å². The van der Waals surface area contributed by atoms with Gasteiger partial charge in [-0.1, -0.05) is 29.3 Å². The lowest BCUT2D eigenvalue weighted by Gasteiger charge is -2.11. The third-order valence-electron chi connectivity index (χ3n) is 5.23. The lowest BCUT2D eigenvalue weighted by atomic mass is 10.2. The molecule has 1 heterocycles. The number of ether oxygens (including phenoxy) is 4. The van der Waals surface area contributed by atoms with Crippen LogP contribution in [-0.2, 0) is 20.9 Å². The fourth-order valence-corrected chi connectivity index (χ4v) is 3.63. The van der Waals surface area contributed by atoms with Crippen LogP contribution in [0.15, 0.2) is 59.7 Å². The molecule has 0 radical (unpaired) electrons. The van der Waals surface area contributed by atoms with E-state index in [9.17, 15) is 14.4 Å². The fourth-order valence-electron chi connectivity index (χ4n) is 3.33. The predicted molar refractivity (Wildman–Crippen MR) is 144 cm³/mol. The number of nitrogens with one attached hydrogen (secondary N) is 3. The molecule has 1 aliphatic heterocycles. The van der Waals surface area contributed by atoms with Crippen molar-refractivity contribution in [3.05, 3.63) is 75.8 Å². The molecule has 0 fully saturated rings. The van der Waals surface area contributed by atoms with Crippen LogP contribution in [-0.4, -0.2) is 44.4 Å². The molecular weight excluding hydrogens is 551 g/mol. The van der Waals surface area contributed by atoms with Gasteiger partial charge in [-0.25, -0.2) is 5.43 Å². The summed E-state index contributed by atoms with van der Waals surface area (Å²) in [5, 5.41) is 9.65. The smallest absolute Gasteiger partial charge is 0.329 e. The van der Waals surface area contributed by atoms with E-state index in [0.717, 1.165) is 5.56 Å². The summed E-state index contributed by atoms with van der Waals surface area (Å²) in [4.78, 5) is 36.4. The number of fused-ring (bicyclic) bond motifs is 1. The van der Waals surface area contributed by atoms with Crippen LogP contribution < -0.4 is 35.0 Å². The fraction of sp³-hybridized carbons (Fsp3) is 0.154. The number of anilines is 1. The van der Waals surface area contributed by atoms with E-state index >= 15 is 0 Å². The number of carbonyl (C=O) groups is 3. The summed E-state index contributed by atoms with van der Waals surface area (Å²) < 4.78 is 21.4. The standard InChI is InChI=1S/C26H22Cl2N4O7/c1-36-22-8-16(3-6-20(22)37-13-24(33)31-17-4-5-18(27)19(28)10-17)12-30-32-26(35)25(34)29-11-15-2-7-21-23(9-15)39-14-38-21/h2-10,12H,11,13-14H2,1H3,(H,29,34)(H,31,33)(H,32,35)/b30-12-. The van der Waals surface area contributed by atoms with E-state index in [-0.39, 0.29) is 19.9 Å². The summed E-state index contributed by atoms with van der Waals surface area (Å²) in [6.45, 7) is -0.0241. The number of amides is 3. The van der Waals surface area contributed by atoms with Crippen molar-refractivity contribution in [2.75, 3.05) is 25.8 Å². The third-order valence-corrected chi connectivity index (χ3v) is 5.96. The molecule has 11 nitrogen and oxygen atoms in total. The van der Waals surface area contributed by atoms with Crippen molar-refractivity contribution in [2.24, 2.45) is 5.10 Å². The summed E-state index contributed by atoms with van der Waals surface area (Å²) >= 11 is 11.8. The minimum Gasteiger partial charge on any atom is -0.493 e. The molecular formula is C26H22Cl2N4O7. The monoisotopic (exact) mass is 572 g/mol. The average Bonchev–Trinajstić information content (AvgIpc) is 3.41. The SMILES string of the molecule is COc1cc(/C=N\NC(=O)C(=O)NCc2ccc3c(c2)OCO3)ccc1OCC(=O)Nc1ccc(Cl)c(Cl)c1. The molecule has 3 N–H and O–H groups in total. The van der Waals surface area contributed by atoms with E-state index in [1.54, 1.807) is 48.5 Å². The van der Waals surface area contributed by atoms with E-state index in [4.69, 9.17) is 42.1 Å². The van der Waals surface area contributed by atoms with Crippen LogP contribution in [0.25, 0.3) is 0 Å². The number of hydrazone groups is 1. The molecule has 0 atom stereocenters. The molecule has 202 valence electrons. The maximum Gasteiger partial charge on any atom is 0.329 e. The second-order valence-corrected chi connectivity index (χ2v) is 8.76. The number of rotatable bonds is 9. The van der Waals surface area contributed by atoms with E-state index in [2.05, 4.69) is 21.2 Å². The highest BCUT2D eigenvalue weighted by atomic mass is 35.5. The zero-order valence-corrected chi connectivity index (χ0v) is 22.0. The zero-order valence-electron chi connectivity index (χ0n) is 20.5. The molecule has 0 aromatic heterocycles. The largest absolute Gasteiger partial charge is 0.493 e. The van der Waals surface area contributed by atoms with Gasteiger partial charge in [-0.05, 0) is 59.7 Å². The van der Waals surface area contributed by atoms with Gasteiger partial charge in [0.2, 0.25) is 6.79 Å². The Bertz CT molecular complexity index is 1430. The van der Waals surface area contributed by atoms with E-state index in [1.165, 1.54) is 19.4 Å². The van der Waals surface area contributed by atoms with E-state index in [0.29, 0.717) is 44.3 Å². The van der Waals surface area contributed by atoms with Crippen molar-refractivity contribution in [1.82, 2.24) is 10.7 Å². The van der Waals surface area contributed by atoms with Crippen molar-refractivity contribution < 1.29 is 33.3 Å². The number of hydrogen-bond donors (Lipinski definition) is 3. The van der Waals surface area contributed by atoms with Gasteiger partial charge in [0.1, 0.15) is 0 Å². The topological polar surface area (TPSA) is 137 Å². The molecule has 0 saturated heterocycles. The van der Waals surface area contributed by atoms with Crippen LogP contribution >= 0.6 is 23.2 Å². The molecule has 0 unspecified atom stereocenters. The van der Waals surface area contributed by atoms with Gasteiger partial charge in [-0.2, -0.15) is 5.10 Å². The summed E-state index contributed by atoms with van der Waals surface area (Å²) in [6, 6.07) is 14.7. The lowest BCUT2D eigenvalue weighted by Crippen LogP contribution is -2.37. The highest BCUT2D eigenvalue weighted by Crippen LogP contribution is 2.32. The lowest BCUT2D eigenvalue weighted by molar-refractivity contribution is -0.139. The van der Waals surface area contributed by atoms with Gasteiger partial charge < -0.3 is 29.6 Å². The second kappa shape index (κ2) is 12.9. The Labute approximate surface area is 233 Å². The molecule has 4 rings (SSSR count). The minimum atomic E-state index is -0.938. The molecule has 0 aliphatic carbocycles. The molecule has 0 spiro atoms. The van der Waals surface area contributed by atoms with Crippen molar-refractivity contribution in [2.45, 2.75) is 6.54 Å². The minimum absolute atomic E-state index is 0.122. The first-order chi connectivity index (χ1) is 18.8. The Morgan fingerprint density at radius 1 is 0.949 bits per heavy atom. The Hall–Kier alpha value is -4.48. The van der Waals surface area contributed by atoms with Gasteiger partial charge in [0.25, 0.3) is 5.91 Å². The van der Waals surface area contributed by atoms with Crippen LogP contribution in [0.3, 0.4) is 0 Å². The Morgan fingerprint density at radius 2 is 1.77 bits per heavy atom. The van der Waals surface area contributed by atoms with Gasteiger partial charge in [-0.15, -0.1) is 0 Å². The van der Waals surface area contributed by atoms with Crippen LogP contribution in [0, 0.1) is 0 Å². The number of methoxy groups -OCH3 is 1. The van der Waals surface area contributed by atoms with Gasteiger partial charge in [-0.3, -0.25) is 14.4 Å². The summed E-state index contributed by atoms with van der Waals surface area (Å²) in [5.74, 6) is -0.370. The number of benzene rings is 3. The maximum absolute atomic E-state index is 12.2. The van der Waals surface area contributed by atoms with Gasteiger partial charge in [0, 0.05) is 12.2 Å². The predicted octanol–water partition coefficient (Wildman–Crippen LogP) is 3.51. The van der Waals surface area contributed by atoms with Crippen molar-refractivity contribution in [1.29, 1.82) is 0 Å². The second-order valence-electron chi connectivity index (χ2n) is 7.95. The molecule has 39 heavy (non-hydrogen) atoms. The zero-order chi connectivity index (χ0) is 27.8. The number of carbonyl (C=O) groups excluding carboxylic acids is 3. The van der Waals surface area contributed by atoms with Gasteiger partial charge in [0.05, 0.1) is 23.4 Å². The number of halogens is 2. The van der Waals surface area contributed by atoms with Gasteiger partial charge >= 0.3 is 11.8 Å². The summed E-state index contributed by atoms with van der Waals surface area (Å²) in [5.41, 5.74) is 3.92. The first kappa shape index (κ1) is 27.6.